The number of aliphatic imine (C=N–C) groups is 1. The van der Waals surface area contributed by atoms with E-state index in [-0.39, 0.29) is 51.5 Å². The van der Waals surface area contributed by atoms with Crippen LogP contribution < -0.4 is 21.1 Å². The largest absolute Gasteiger partial charge is 0.434 e. The summed E-state index contributed by atoms with van der Waals surface area (Å²) in [5.41, 5.74) is 5.65. The number of likely N-dealkylation sites (tertiary alicyclic amines) is 1. The van der Waals surface area contributed by atoms with Gasteiger partial charge in [-0.1, -0.05) is 11.6 Å². The first-order chi connectivity index (χ1) is 19.2. The Morgan fingerprint density at radius 2 is 2.08 bits per heavy atom. The molecule has 0 bridgehead atoms. The van der Waals surface area contributed by atoms with Gasteiger partial charge >= 0.3 is 6.61 Å². The molecule has 3 unspecified atom stereocenters. The van der Waals surface area contributed by atoms with E-state index in [9.17, 15) is 18.4 Å². The second kappa shape index (κ2) is 11.5. The number of nitrogen functional groups attached to an aromatic ring is 1. The Balaban J connectivity index is 1.40. The lowest BCUT2D eigenvalue weighted by Crippen LogP contribution is -2.43. The van der Waals surface area contributed by atoms with Crippen molar-refractivity contribution in [3.63, 3.8) is 0 Å². The second-order valence-corrected chi connectivity index (χ2v) is 9.94. The van der Waals surface area contributed by atoms with Crippen LogP contribution in [0.1, 0.15) is 15.9 Å². The van der Waals surface area contributed by atoms with Gasteiger partial charge in [0.25, 0.3) is 5.91 Å². The number of hydrogen-bond acceptors (Lipinski definition) is 9. The van der Waals surface area contributed by atoms with Crippen molar-refractivity contribution in [3.8, 4) is 5.75 Å². The molecule has 15 heteroatoms. The average Bonchev–Trinajstić information content (AvgIpc) is 3.61. The van der Waals surface area contributed by atoms with Gasteiger partial charge in [0.05, 0.1) is 5.71 Å². The molecule has 12 nitrogen and oxygen atoms in total. The standard InChI is InChI=1S/C25H26ClF2N9O3/c26-15-2-3-18(40-25(27)28)16(6-15)21(29)17(9-32-10-19(38)36-11-13-7-31-8-14(13)12-36)34-24(39)20-22(30)35-37-5-1-4-33-23(20)37/h1-6,9,13-14,17,25,29,31H,7-8,10-12H2,(H2,30,35)(H,34,39). The number of alkyl halides is 2. The minimum Gasteiger partial charge on any atom is -0.434 e. The molecular formula is C25H26ClF2N9O3. The molecule has 1 aromatic carbocycles. The summed E-state index contributed by atoms with van der Waals surface area (Å²) in [6.07, 6.45) is 4.23. The van der Waals surface area contributed by atoms with Crippen LogP contribution in [0.25, 0.3) is 5.65 Å². The summed E-state index contributed by atoms with van der Waals surface area (Å²) in [6.45, 7) is -0.366. The smallest absolute Gasteiger partial charge is 0.387 e. The van der Waals surface area contributed by atoms with Crippen molar-refractivity contribution >= 4 is 46.8 Å². The van der Waals surface area contributed by atoms with E-state index >= 15 is 0 Å². The van der Waals surface area contributed by atoms with E-state index < -0.39 is 18.6 Å². The van der Waals surface area contributed by atoms with Gasteiger partial charge < -0.3 is 31.4 Å². The van der Waals surface area contributed by atoms with Crippen LogP contribution in [0.5, 0.6) is 5.75 Å². The summed E-state index contributed by atoms with van der Waals surface area (Å²) in [5, 5.41) is 18.9. The highest BCUT2D eigenvalue weighted by Gasteiger charge is 2.37. The Bertz CT molecular complexity index is 1470. The molecule has 5 N–H and O–H groups in total. The molecule has 3 aromatic rings. The third-order valence-electron chi connectivity index (χ3n) is 6.92. The van der Waals surface area contributed by atoms with E-state index in [4.69, 9.17) is 22.7 Å². The molecule has 40 heavy (non-hydrogen) atoms. The maximum atomic E-state index is 13.3. The lowest BCUT2D eigenvalue weighted by molar-refractivity contribution is -0.128. The number of anilines is 1. The maximum Gasteiger partial charge on any atom is 0.387 e. The highest BCUT2D eigenvalue weighted by atomic mass is 35.5. The number of ether oxygens (including phenoxy) is 1. The molecule has 3 atom stereocenters. The summed E-state index contributed by atoms with van der Waals surface area (Å²) in [5.74, 6) is -0.530. The number of carbonyl (C=O) groups excluding carboxylic acids is 2. The van der Waals surface area contributed by atoms with Gasteiger partial charge in [-0.05, 0) is 36.1 Å². The lowest BCUT2D eigenvalue weighted by atomic mass is 10.0. The minimum absolute atomic E-state index is 0.0461. The summed E-state index contributed by atoms with van der Waals surface area (Å²) >= 11 is 6.08. The lowest BCUT2D eigenvalue weighted by Gasteiger charge is -2.19. The number of carbonyl (C=O) groups is 2. The van der Waals surface area contributed by atoms with Crippen LogP contribution in [0.3, 0.4) is 0 Å². The van der Waals surface area contributed by atoms with E-state index in [1.54, 1.807) is 17.2 Å². The fraction of sp³-hybridized carbons (Fsp3) is 0.360. The Labute approximate surface area is 232 Å². The number of nitrogens with two attached hydrogens (primary N) is 1. The SMILES string of the molecule is N=C(c1cc(Cl)ccc1OC(F)F)C(C=NCC(=O)N1CC2CNCC2C1)NC(=O)c1c(N)nn2cccnc12. The Morgan fingerprint density at radius 1 is 1.32 bits per heavy atom. The second-order valence-electron chi connectivity index (χ2n) is 9.50. The van der Waals surface area contributed by atoms with Crippen LogP contribution in [-0.2, 0) is 4.79 Å². The van der Waals surface area contributed by atoms with E-state index in [1.807, 2.05) is 0 Å². The molecule has 0 aliphatic carbocycles. The van der Waals surface area contributed by atoms with Gasteiger partial charge in [0.2, 0.25) is 5.91 Å². The molecule has 2 fully saturated rings. The van der Waals surface area contributed by atoms with Gasteiger partial charge in [-0.3, -0.25) is 14.6 Å². The van der Waals surface area contributed by atoms with E-state index in [2.05, 4.69) is 30.4 Å². The molecule has 0 radical (unpaired) electrons. The topological polar surface area (TPSA) is 163 Å². The number of nitrogens with zero attached hydrogens (tertiary/aromatic N) is 5. The number of amides is 2. The Morgan fingerprint density at radius 3 is 2.80 bits per heavy atom. The first kappa shape index (κ1) is 27.4. The third-order valence-corrected chi connectivity index (χ3v) is 7.15. The van der Waals surface area contributed by atoms with Crippen LogP contribution in [-0.4, -0.2) is 88.6 Å². The summed E-state index contributed by atoms with van der Waals surface area (Å²) in [7, 11) is 0. The van der Waals surface area contributed by atoms with Crippen molar-refractivity contribution in [2.45, 2.75) is 12.7 Å². The van der Waals surface area contributed by atoms with Gasteiger partial charge in [0.15, 0.2) is 11.5 Å². The average molecular weight is 574 g/mol. The van der Waals surface area contributed by atoms with E-state index in [0.29, 0.717) is 24.9 Å². The fourth-order valence-electron chi connectivity index (χ4n) is 4.99. The number of hydrogen-bond donors (Lipinski definition) is 4. The predicted octanol–water partition coefficient (Wildman–Crippen LogP) is 1.48. The zero-order valence-corrected chi connectivity index (χ0v) is 21.8. The van der Waals surface area contributed by atoms with Crippen LogP contribution >= 0.6 is 11.6 Å². The van der Waals surface area contributed by atoms with Crippen molar-refractivity contribution in [1.82, 2.24) is 30.1 Å². The molecule has 210 valence electrons. The Kier molecular flexibility index (Phi) is 7.89. The highest BCUT2D eigenvalue weighted by molar-refractivity contribution is 6.31. The molecule has 0 spiro atoms. The van der Waals surface area contributed by atoms with Crippen molar-refractivity contribution in [2.75, 3.05) is 38.5 Å². The Hall–Kier alpha value is -4.17. The normalized spacial score (nSPS) is 19.4. The predicted molar refractivity (Wildman–Crippen MR) is 143 cm³/mol. The van der Waals surface area contributed by atoms with Crippen LogP contribution in [0.4, 0.5) is 14.6 Å². The van der Waals surface area contributed by atoms with Crippen molar-refractivity contribution in [2.24, 2.45) is 16.8 Å². The number of halogens is 3. The van der Waals surface area contributed by atoms with Crippen LogP contribution in [0.15, 0.2) is 41.7 Å². The molecule has 2 amide bonds. The zero-order valence-electron chi connectivity index (χ0n) is 21.1. The number of fused-ring (bicyclic) bond motifs is 2. The monoisotopic (exact) mass is 573 g/mol. The summed E-state index contributed by atoms with van der Waals surface area (Å²) < 4.78 is 32.1. The quantitative estimate of drug-likeness (QED) is 0.282. The maximum absolute atomic E-state index is 13.3. The van der Waals surface area contributed by atoms with E-state index in [0.717, 1.165) is 13.1 Å². The molecule has 5 rings (SSSR count). The van der Waals surface area contributed by atoms with Crippen LogP contribution in [0.2, 0.25) is 5.02 Å². The summed E-state index contributed by atoms with van der Waals surface area (Å²) in [4.78, 5) is 36.3. The zero-order chi connectivity index (χ0) is 28.4. The van der Waals surface area contributed by atoms with Crippen molar-refractivity contribution in [3.05, 3.63) is 52.8 Å². The fourth-order valence-corrected chi connectivity index (χ4v) is 5.17. The number of benzene rings is 1. The number of aromatic nitrogens is 3. The summed E-state index contributed by atoms with van der Waals surface area (Å²) in [6, 6.07) is 4.13. The minimum atomic E-state index is -3.16. The van der Waals surface area contributed by atoms with Gasteiger partial charge in [0.1, 0.15) is 23.9 Å². The molecule has 2 saturated heterocycles. The molecule has 2 aromatic heterocycles. The highest BCUT2D eigenvalue weighted by Crippen LogP contribution is 2.27. The molecule has 0 saturated carbocycles. The van der Waals surface area contributed by atoms with Gasteiger partial charge in [-0.2, -0.15) is 8.78 Å². The molecule has 4 heterocycles. The number of rotatable bonds is 9. The van der Waals surface area contributed by atoms with Crippen molar-refractivity contribution < 1.29 is 23.1 Å². The number of nitrogens with one attached hydrogen (secondary N) is 3. The van der Waals surface area contributed by atoms with E-state index in [1.165, 1.54) is 35.1 Å². The third kappa shape index (κ3) is 5.72. The van der Waals surface area contributed by atoms with Gasteiger partial charge in [-0.15, -0.1) is 5.10 Å². The van der Waals surface area contributed by atoms with Crippen molar-refractivity contribution in [1.29, 1.82) is 5.41 Å². The van der Waals surface area contributed by atoms with Gasteiger partial charge in [-0.25, -0.2) is 9.50 Å². The first-order valence-corrected chi connectivity index (χ1v) is 12.8. The molecule has 2 aliphatic heterocycles. The molecular weight excluding hydrogens is 548 g/mol. The van der Waals surface area contributed by atoms with Gasteiger partial charge in [0, 0.05) is 55.4 Å². The van der Waals surface area contributed by atoms with Crippen LogP contribution in [0, 0.1) is 17.2 Å². The first-order valence-electron chi connectivity index (χ1n) is 12.4. The molecule has 2 aliphatic rings.